The molecule has 3 heterocycles. The van der Waals surface area contributed by atoms with Crippen molar-refractivity contribution in [3.63, 3.8) is 0 Å². The number of halogens is 2. The molecule has 4 rings (SSSR count). The number of thiophene rings is 1. The molecule has 10 heteroatoms. The molecule has 0 aliphatic heterocycles. The molecule has 0 saturated heterocycles. The zero-order chi connectivity index (χ0) is 19.8. The molecular formula is C18H14Cl2N4O3S. The number of hydrogen-bond acceptors (Lipinski definition) is 7. The Morgan fingerprint density at radius 3 is 2.68 bits per heavy atom. The molecule has 7 nitrogen and oxygen atoms in total. The van der Waals surface area contributed by atoms with Gasteiger partial charge in [0.25, 0.3) is 5.89 Å². The van der Waals surface area contributed by atoms with Gasteiger partial charge in [0.05, 0.1) is 12.2 Å². The van der Waals surface area contributed by atoms with Crippen LogP contribution in [0.15, 0.2) is 28.7 Å². The Hall–Kier alpha value is -2.42. The topological polar surface area (TPSA) is 83.0 Å². The lowest BCUT2D eigenvalue weighted by Gasteiger charge is -2.07. The summed E-state index contributed by atoms with van der Waals surface area (Å²) in [7, 11) is 0. The van der Waals surface area contributed by atoms with Crippen molar-refractivity contribution in [3.05, 3.63) is 62.2 Å². The molecule has 3 aromatic heterocycles. The van der Waals surface area contributed by atoms with Crippen molar-refractivity contribution in [2.45, 2.75) is 27.0 Å². The lowest BCUT2D eigenvalue weighted by atomic mass is 10.2. The fraction of sp³-hybridized carbons (Fsp3) is 0.222. The normalized spacial score (nSPS) is 11.3. The Labute approximate surface area is 173 Å². The maximum absolute atomic E-state index is 12.4. The summed E-state index contributed by atoms with van der Waals surface area (Å²) in [5, 5.41) is 14.1. The van der Waals surface area contributed by atoms with E-state index in [1.54, 1.807) is 35.9 Å². The number of ether oxygens (including phenoxy) is 1. The molecule has 0 spiro atoms. The molecule has 0 fully saturated rings. The van der Waals surface area contributed by atoms with Gasteiger partial charge < -0.3 is 9.15 Å². The Balaban J connectivity index is 1.59. The Kier molecular flexibility index (Phi) is 5.09. The minimum absolute atomic E-state index is 0.0751. The second-order valence-corrected chi connectivity index (χ2v) is 7.91. The van der Waals surface area contributed by atoms with Crippen molar-refractivity contribution in [1.82, 2.24) is 20.0 Å². The van der Waals surface area contributed by atoms with Crippen LogP contribution in [-0.2, 0) is 17.9 Å². The van der Waals surface area contributed by atoms with Gasteiger partial charge in [0, 0.05) is 27.9 Å². The second kappa shape index (κ2) is 7.54. The third-order valence-electron chi connectivity index (χ3n) is 4.07. The third-order valence-corrected chi connectivity index (χ3v) is 5.91. The third kappa shape index (κ3) is 3.63. The van der Waals surface area contributed by atoms with E-state index in [0.29, 0.717) is 27.4 Å². The van der Waals surface area contributed by atoms with Crippen molar-refractivity contribution in [2.75, 3.05) is 0 Å². The molecule has 28 heavy (non-hydrogen) atoms. The standard InChI is InChI=1S/C18H14Cl2N4O3S/c1-9-11-6-15(18(25)26-8-16-22-21-10(2)27-16)28-17(11)24(23-9)7-12-13(19)4-3-5-14(12)20/h3-6H,7-8H2,1-2H3. The van der Waals surface area contributed by atoms with Gasteiger partial charge in [-0.25, -0.2) is 9.48 Å². The number of aromatic nitrogens is 4. The minimum Gasteiger partial charge on any atom is -0.451 e. The molecule has 0 atom stereocenters. The Bertz CT molecular complexity index is 1160. The molecule has 144 valence electrons. The van der Waals surface area contributed by atoms with Crippen LogP contribution in [0.2, 0.25) is 10.0 Å². The summed E-state index contributed by atoms with van der Waals surface area (Å²) in [6.45, 7) is 3.88. The van der Waals surface area contributed by atoms with Gasteiger partial charge in [0.15, 0.2) is 6.61 Å². The molecule has 0 N–H and O–H groups in total. The number of aryl methyl sites for hydroxylation is 2. The van der Waals surface area contributed by atoms with E-state index in [4.69, 9.17) is 32.4 Å². The van der Waals surface area contributed by atoms with E-state index < -0.39 is 5.97 Å². The molecule has 0 aliphatic carbocycles. The second-order valence-electron chi connectivity index (χ2n) is 6.06. The van der Waals surface area contributed by atoms with Crippen LogP contribution in [0.3, 0.4) is 0 Å². The summed E-state index contributed by atoms with van der Waals surface area (Å²) in [5.74, 6) is 0.211. The predicted molar refractivity (Wildman–Crippen MR) is 106 cm³/mol. The van der Waals surface area contributed by atoms with E-state index in [0.717, 1.165) is 21.5 Å². The molecular weight excluding hydrogens is 423 g/mol. The van der Waals surface area contributed by atoms with Gasteiger partial charge in [-0.05, 0) is 25.1 Å². The van der Waals surface area contributed by atoms with E-state index >= 15 is 0 Å². The first-order valence-corrected chi connectivity index (χ1v) is 9.85. The SMILES string of the molecule is Cc1nnc(COC(=O)c2cc3c(C)nn(Cc4c(Cl)cccc4Cl)c3s2)o1. The van der Waals surface area contributed by atoms with Crippen LogP contribution in [0.4, 0.5) is 0 Å². The number of nitrogens with zero attached hydrogens (tertiary/aromatic N) is 4. The van der Waals surface area contributed by atoms with Crippen molar-refractivity contribution in [1.29, 1.82) is 0 Å². The van der Waals surface area contributed by atoms with E-state index in [1.165, 1.54) is 11.3 Å². The van der Waals surface area contributed by atoms with Gasteiger partial charge in [0.1, 0.15) is 9.71 Å². The summed E-state index contributed by atoms with van der Waals surface area (Å²) in [6, 6.07) is 7.14. The van der Waals surface area contributed by atoms with Crippen LogP contribution in [-0.4, -0.2) is 25.9 Å². The van der Waals surface area contributed by atoms with Crippen LogP contribution >= 0.6 is 34.5 Å². The number of carbonyl (C=O) groups is 1. The minimum atomic E-state index is -0.459. The lowest BCUT2D eigenvalue weighted by molar-refractivity contribution is 0.0442. The number of rotatable bonds is 5. The van der Waals surface area contributed by atoms with Crippen molar-refractivity contribution < 1.29 is 13.9 Å². The first kappa shape index (κ1) is 18.9. The summed E-state index contributed by atoms with van der Waals surface area (Å²) in [6.07, 6.45) is 0. The highest BCUT2D eigenvalue weighted by Crippen LogP contribution is 2.31. The quantitative estimate of drug-likeness (QED) is 0.417. The highest BCUT2D eigenvalue weighted by molar-refractivity contribution is 7.20. The molecule has 0 amide bonds. The van der Waals surface area contributed by atoms with E-state index in [-0.39, 0.29) is 12.5 Å². The number of benzene rings is 1. The van der Waals surface area contributed by atoms with Gasteiger partial charge in [-0.15, -0.1) is 21.5 Å². The van der Waals surface area contributed by atoms with Crippen LogP contribution in [0.25, 0.3) is 10.2 Å². The predicted octanol–water partition coefficient (Wildman–Crippen LogP) is 4.81. The van der Waals surface area contributed by atoms with Gasteiger partial charge in [-0.1, -0.05) is 29.3 Å². The summed E-state index contributed by atoms with van der Waals surface area (Å²) < 4.78 is 12.3. The number of hydrogen-bond donors (Lipinski definition) is 0. The molecule has 0 saturated carbocycles. The van der Waals surface area contributed by atoms with Gasteiger partial charge in [-0.3, -0.25) is 0 Å². The van der Waals surface area contributed by atoms with Crippen LogP contribution in [0.1, 0.15) is 32.7 Å². The van der Waals surface area contributed by atoms with E-state index in [9.17, 15) is 4.79 Å². The monoisotopic (exact) mass is 436 g/mol. The van der Waals surface area contributed by atoms with Crippen molar-refractivity contribution in [2.24, 2.45) is 0 Å². The van der Waals surface area contributed by atoms with E-state index in [2.05, 4.69) is 15.3 Å². The van der Waals surface area contributed by atoms with Gasteiger partial charge in [-0.2, -0.15) is 5.10 Å². The first-order valence-electron chi connectivity index (χ1n) is 8.28. The molecule has 0 unspecified atom stereocenters. The van der Waals surface area contributed by atoms with Crippen LogP contribution in [0, 0.1) is 13.8 Å². The highest BCUT2D eigenvalue weighted by atomic mass is 35.5. The Morgan fingerprint density at radius 2 is 2.00 bits per heavy atom. The molecule has 4 aromatic rings. The fourth-order valence-corrected chi connectivity index (χ4v) is 4.32. The Morgan fingerprint density at radius 1 is 1.25 bits per heavy atom. The zero-order valence-corrected chi connectivity index (χ0v) is 17.2. The van der Waals surface area contributed by atoms with Crippen molar-refractivity contribution in [3.8, 4) is 0 Å². The number of fused-ring (bicyclic) bond motifs is 1. The first-order chi connectivity index (χ1) is 13.4. The maximum atomic E-state index is 12.4. The van der Waals surface area contributed by atoms with E-state index in [1.807, 2.05) is 6.92 Å². The smallest absolute Gasteiger partial charge is 0.348 e. The number of esters is 1. The average molecular weight is 437 g/mol. The van der Waals surface area contributed by atoms with Gasteiger partial charge in [0.2, 0.25) is 5.89 Å². The molecule has 1 aromatic carbocycles. The lowest BCUT2D eigenvalue weighted by Crippen LogP contribution is -2.04. The fourth-order valence-electron chi connectivity index (χ4n) is 2.75. The maximum Gasteiger partial charge on any atom is 0.348 e. The molecule has 0 radical (unpaired) electrons. The number of carbonyl (C=O) groups excluding carboxylic acids is 1. The average Bonchev–Trinajstić information content (AvgIpc) is 3.34. The van der Waals surface area contributed by atoms with Crippen LogP contribution < -0.4 is 0 Å². The van der Waals surface area contributed by atoms with Crippen molar-refractivity contribution >= 4 is 50.7 Å². The van der Waals surface area contributed by atoms with Crippen LogP contribution in [0.5, 0.6) is 0 Å². The summed E-state index contributed by atoms with van der Waals surface area (Å²) in [4.78, 5) is 13.7. The molecule has 0 bridgehead atoms. The zero-order valence-electron chi connectivity index (χ0n) is 14.9. The highest BCUT2D eigenvalue weighted by Gasteiger charge is 2.19. The summed E-state index contributed by atoms with van der Waals surface area (Å²) >= 11 is 13.9. The summed E-state index contributed by atoms with van der Waals surface area (Å²) in [5.41, 5.74) is 1.58. The van der Waals surface area contributed by atoms with Gasteiger partial charge >= 0.3 is 5.97 Å². The molecule has 0 aliphatic rings. The largest absolute Gasteiger partial charge is 0.451 e.